The van der Waals surface area contributed by atoms with E-state index in [4.69, 9.17) is 39.6 Å². The standard InChI is InChI=1S/C31H33Cl3N4O5S/c1-30(2,3)29(40)43-38-13-11-23(12-14-38)37-44(41,42)27-10-8-22(34)17-26(27)36-31(18-19-5-4-6-20(32)15-19)24-9-7-21(33)16-25(24)35-28(31)39/h4-10,15-17,23,36-37H,11-14,18H2,1-3H3,(H,35,39). The normalized spacial score (nSPS) is 19.4. The number of nitrogens with zero attached hydrogens (tertiary/aromatic N) is 1. The Morgan fingerprint density at radius 2 is 1.66 bits per heavy atom. The highest BCUT2D eigenvalue weighted by Gasteiger charge is 2.48. The third kappa shape index (κ3) is 7.01. The lowest BCUT2D eigenvalue weighted by atomic mass is 9.84. The average molecular weight is 680 g/mol. The Balaban J connectivity index is 1.44. The molecule has 2 aliphatic heterocycles. The summed E-state index contributed by atoms with van der Waals surface area (Å²) in [6, 6.07) is 16.2. The fourth-order valence-corrected chi connectivity index (χ4v) is 7.31. The molecule has 0 spiro atoms. The number of sulfonamides is 1. The number of anilines is 2. The Morgan fingerprint density at radius 1 is 1.00 bits per heavy atom. The third-order valence-electron chi connectivity index (χ3n) is 7.61. The molecule has 0 aromatic heterocycles. The van der Waals surface area contributed by atoms with Crippen LogP contribution in [-0.4, -0.2) is 44.5 Å². The number of rotatable bonds is 8. The first-order valence-electron chi connectivity index (χ1n) is 14.1. The Bertz CT molecular complexity index is 1700. The fourth-order valence-electron chi connectivity index (χ4n) is 5.31. The Kier molecular flexibility index (Phi) is 9.24. The van der Waals surface area contributed by atoms with Crippen LogP contribution < -0.4 is 15.4 Å². The molecule has 0 aliphatic carbocycles. The van der Waals surface area contributed by atoms with Gasteiger partial charge in [-0.2, -0.15) is 0 Å². The van der Waals surface area contributed by atoms with E-state index in [1.165, 1.54) is 18.2 Å². The van der Waals surface area contributed by atoms with Crippen molar-refractivity contribution in [3.8, 4) is 0 Å². The van der Waals surface area contributed by atoms with Crippen molar-refractivity contribution in [2.45, 2.75) is 56.5 Å². The van der Waals surface area contributed by atoms with Crippen LogP contribution >= 0.6 is 34.8 Å². The molecule has 3 N–H and O–H groups in total. The molecule has 234 valence electrons. The molecule has 1 amide bonds. The first-order valence-corrected chi connectivity index (χ1v) is 16.7. The maximum atomic E-state index is 13.8. The van der Waals surface area contributed by atoms with Crippen LogP contribution in [0.15, 0.2) is 65.6 Å². The van der Waals surface area contributed by atoms with Gasteiger partial charge in [-0.3, -0.25) is 4.79 Å². The second-order valence-electron chi connectivity index (χ2n) is 12.1. The SMILES string of the molecule is CC(C)(C)C(=O)ON1CCC(NS(=O)(=O)c2ccc(Cl)cc2NC2(Cc3cccc(Cl)c3)C(=O)Nc3cc(Cl)ccc32)CC1. The highest BCUT2D eigenvalue weighted by Crippen LogP contribution is 2.43. The van der Waals surface area contributed by atoms with Gasteiger partial charge in [-0.05, 0) is 81.6 Å². The molecule has 3 aromatic carbocycles. The van der Waals surface area contributed by atoms with Crippen molar-refractivity contribution in [2.24, 2.45) is 5.41 Å². The summed E-state index contributed by atoms with van der Waals surface area (Å²) in [5, 5.41) is 8.96. The summed E-state index contributed by atoms with van der Waals surface area (Å²) in [4.78, 5) is 31.5. The first kappa shape index (κ1) is 32.5. The van der Waals surface area contributed by atoms with Crippen molar-refractivity contribution < 1.29 is 22.8 Å². The molecule has 0 radical (unpaired) electrons. The zero-order chi connectivity index (χ0) is 31.9. The van der Waals surface area contributed by atoms with E-state index in [0.717, 1.165) is 5.56 Å². The van der Waals surface area contributed by atoms with E-state index in [2.05, 4.69) is 15.4 Å². The lowest BCUT2D eigenvalue weighted by Gasteiger charge is -2.33. The second kappa shape index (κ2) is 12.5. The number of carbonyl (C=O) groups excluding carboxylic acids is 2. The summed E-state index contributed by atoms with van der Waals surface area (Å²) >= 11 is 18.9. The maximum absolute atomic E-state index is 13.8. The van der Waals surface area contributed by atoms with Crippen molar-refractivity contribution in [2.75, 3.05) is 23.7 Å². The monoisotopic (exact) mass is 678 g/mol. The summed E-state index contributed by atoms with van der Waals surface area (Å²) in [7, 11) is -4.09. The summed E-state index contributed by atoms with van der Waals surface area (Å²) < 4.78 is 30.5. The highest BCUT2D eigenvalue weighted by molar-refractivity contribution is 7.89. The summed E-state index contributed by atoms with van der Waals surface area (Å²) in [5.74, 6) is -0.733. The van der Waals surface area contributed by atoms with Crippen LogP contribution in [0.25, 0.3) is 0 Å². The van der Waals surface area contributed by atoms with Gasteiger partial charge in [0.25, 0.3) is 5.91 Å². The minimum Gasteiger partial charge on any atom is -0.367 e. The van der Waals surface area contributed by atoms with Crippen LogP contribution in [0.1, 0.15) is 44.7 Å². The van der Waals surface area contributed by atoms with Gasteiger partial charge >= 0.3 is 5.97 Å². The molecule has 0 saturated carbocycles. The van der Waals surface area contributed by atoms with Gasteiger partial charge in [0.05, 0.1) is 11.1 Å². The predicted molar refractivity (Wildman–Crippen MR) is 172 cm³/mol. The number of hydroxylamine groups is 2. The van der Waals surface area contributed by atoms with Crippen LogP contribution in [0.4, 0.5) is 11.4 Å². The predicted octanol–water partition coefficient (Wildman–Crippen LogP) is 6.40. The van der Waals surface area contributed by atoms with Gasteiger partial charge in [0.2, 0.25) is 10.0 Å². The Labute approximate surface area is 272 Å². The zero-order valence-electron chi connectivity index (χ0n) is 24.4. The number of hydrogen-bond acceptors (Lipinski definition) is 7. The number of carbonyl (C=O) groups is 2. The van der Waals surface area contributed by atoms with Gasteiger partial charge in [-0.1, -0.05) is 53.0 Å². The van der Waals surface area contributed by atoms with Crippen molar-refractivity contribution in [1.82, 2.24) is 9.79 Å². The highest BCUT2D eigenvalue weighted by atomic mass is 35.5. The van der Waals surface area contributed by atoms with E-state index in [1.807, 2.05) is 6.07 Å². The Morgan fingerprint density at radius 3 is 2.34 bits per heavy atom. The zero-order valence-corrected chi connectivity index (χ0v) is 27.5. The average Bonchev–Trinajstić information content (AvgIpc) is 3.18. The van der Waals surface area contributed by atoms with Crippen LogP contribution in [0.3, 0.4) is 0 Å². The molecule has 1 fully saturated rings. The lowest BCUT2D eigenvalue weighted by molar-refractivity contribution is -0.204. The number of halogens is 3. The van der Waals surface area contributed by atoms with Gasteiger partial charge < -0.3 is 15.5 Å². The van der Waals surface area contributed by atoms with Crippen molar-refractivity contribution in [3.63, 3.8) is 0 Å². The van der Waals surface area contributed by atoms with Crippen LogP contribution in [-0.2, 0) is 36.4 Å². The largest absolute Gasteiger partial charge is 0.367 e. The molecule has 2 aliphatic rings. The van der Waals surface area contributed by atoms with Gasteiger partial charge in [-0.25, -0.2) is 17.9 Å². The van der Waals surface area contributed by atoms with Gasteiger partial charge in [-0.15, -0.1) is 5.06 Å². The minimum atomic E-state index is -4.09. The number of benzene rings is 3. The summed E-state index contributed by atoms with van der Waals surface area (Å²) in [5.41, 5.74) is -0.0421. The topological polar surface area (TPSA) is 117 Å². The van der Waals surface area contributed by atoms with Crippen LogP contribution in [0, 0.1) is 5.41 Å². The molecule has 1 atom stereocenters. The number of amides is 1. The summed E-state index contributed by atoms with van der Waals surface area (Å²) in [6.45, 7) is 6.08. The molecule has 0 bridgehead atoms. The molecule has 44 heavy (non-hydrogen) atoms. The smallest absolute Gasteiger partial charge is 0.330 e. The van der Waals surface area contributed by atoms with Crippen molar-refractivity contribution in [1.29, 1.82) is 0 Å². The number of hydrogen-bond donors (Lipinski definition) is 3. The molecule has 13 heteroatoms. The van der Waals surface area contributed by atoms with E-state index in [1.54, 1.807) is 62.2 Å². The number of fused-ring (bicyclic) bond motifs is 1. The lowest BCUT2D eigenvalue weighted by Crippen LogP contribution is -2.47. The second-order valence-corrected chi connectivity index (χ2v) is 15.1. The third-order valence-corrected chi connectivity index (χ3v) is 9.90. The van der Waals surface area contributed by atoms with Gasteiger partial charge in [0.15, 0.2) is 0 Å². The Hall–Kier alpha value is -2.86. The van der Waals surface area contributed by atoms with E-state index < -0.39 is 27.0 Å². The molecule has 1 saturated heterocycles. The van der Waals surface area contributed by atoms with E-state index in [-0.39, 0.29) is 33.9 Å². The van der Waals surface area contributed by atoms with E-state index in [9.17, 15) is 18.0 Å². The molecular weight excluding hydrogens is 647 g/mol. The fraction of sp³-hybridized carbons (Fsp3) is 0.355. The molecule has 3 aromatic rings. The van der Waals surface area contributed by atoms with Gasteiger partial charge in [0.1, 0.15) is 10.4 Å². The quantitative estimate of drug-likeness (QED) is 0.253. The first-order chi connectivity index (χ1) is 20.7. The van der Waals surface area contributed by atoms with Crippen molar-refractivity contribution in [3.05, 3.63) is 86.9 Å². The molecule has 2 heterocycles. The number of nitrogens with one attached hydrogen (secondary N) is 3. The van der Waals surface area contributed by atoms with E-state index >= 15 is 0 Å². The van der Waals surface area contributed by atoms with E-state index in [0.29, 0.717) is 47.2 Å². The molecular formula is C31H33Cl3N4O5S. The maximum Gasteiger partial charge on any atom is 0.330 e. The number of piperidine rings is 1. The van der Waals surface area contributed by atoms with Crippen molar-refractivity contribution >= 4 is 68.1 Å². The van der Waals surface area contributed by atoms with Gasteiger partial charge in [0, 0.05) is 51.9 Å². The molecule has 1 unspecified atom stereocenters. The molecule has 9 nitrogen and oxygen atoms in total. The van der Waals surface area contributed by atoms with Crippen LogP contribution in [0.2, 0.25) is 15.1 Å². The molecule has 5 rings (SSSR count). The summed E-state index contributed by atoms with van der Waals surface area (Å²) in [6.07, 6.45) is 1.02. The minimum absolute atomic E-state index is 0.0656. The van der Waals surface area contributed by atoms with Crippen LogP contribution in [0.5, 0.6) is 0 Å².